The van der Waals surface area contributed by atoms with Crippen molar-refractivity contribution in [2.75, 3.05) is 7.05 Å². The fourth-order valence-electron chi connectivity index (χ4n) is 2.33. The zero-order chi connectivity index (χ0) is 22.6. The summed E-state index contributed by atoms with van der Waals surface area (Å²) in [5.41, 5.74) is 5.85. The molecule has 0 aliphatic heterocycles. The van der Waals surface area contributed by atoms with Gasteiger partial charge in [-0.15, -0.1) is 6.58 Å². The highest BCUT2D eigenvalue weighted by Gasteiger charge is 1.96. The van der Waals surface area contributed by atoms with Gasteiger partial charge < -0.3 is 0 Å². The molecule has 0 spiro atoms. The minimum Gasteiger partial charge on any atom is -0.296 e. The zero-order valence-corrected chi connectivity index (χ0v) is 19.9. The standard InChI is InChI=1S/C19H20N2.C6H12.C3H8/c1-15-4-8-18(9-5-15)19-10-6-17(7-11-19)14-21-13-16(2)12-20-3;1-3-5-6-4-2;1-3-2/h4-14H,1-3H3;3H,1,4-6H2,2H3;3H2,1-2H3/b16-13-,20-12?,21-14?;;. The first kappa shape index (κ1) is 27.3. The number of rotatable bonds is 7. The smallest absolute Gasteiger partial charge is 0.0340 e. The van der Waals surface area contributed by atoms with E-state index in [1.165, 1.54) is 42.4 Å². The van der Waals surface area contributed by atoms with Crippen LogP contribution in [-0.2, 0) is 0 Å². The number of hydrogen-bond donors (Lipinski definition) is 0. The first-order chi connectivity index (χ1) is 14.5. The predicted molar refractivity (Wildman–Crippen MR) is 138 cm³/mol. The third kappa shape index (κ3) is 13.4. The number of aryl methyl sites for hydroxylation is 1. The molecule has 0 aliphatic rings. The summed E-state index contributed by atoms with van der Waals surface area (Å²) in [5, 5.41) is 0. The van der Waals surface area contributed by atoms with Gasteiger partial charge in [-0.3, -0.25) is 9.98 Å². The van der Waals surface area contributed by atoms with Gasteiger partial charge in [-0.2, -0.15) is 0 Å². The van der Waals surface area contributed by atoms with Gasteiger partial charge in [-0.05, 0) is 42.5 Å². The van der Waals surface area contributed by atoms with Gasteiger partial charge in [0.15, 0.2) is 0 Å². The normalized spacial score (nSPS) is 10.9. The molecule has 0 aromatic heterocycles. The van der Waals surface area contributed by atoms with Crippen molar-refractivity contribution in [3.05, 3.63) is 84.1 Å². The number of nitrogens with zero attached hydrogens (tertiary/aromatic N) is 2. The Bertz CT molecular complexity index is 763. The van der Waals surface area contributed by atoms with E-state index in [-0.39, 0.29) is 0 Å². The zero-order valence-electron chi connectivity index (χ0n) is 19.9. The summed E-state index contributed by atoms with van der Waals surface area (Å²) in [6, 6.07) is 17.0. The number of unbranched alkanes of at least 4 members (excludes halogenated alkanes) is 2. The Kier molecular flexibility index (Phi) is 16.6. The Hall–Kier alpha value is -2.74. The van der Waals surface area contributed by atoms with Crippen molar-refractivity contribution >= 4 is 12.4 Å². The first-order valence-electron chi connectivity index (χ1n) is 10.9. The lowest BCUT2D eigenvalue weighted by molar-refractivity contribution is 0.816. The SMILES string of the molecule is C=CCCCC.CCC.CN=C/C(C)=C\N=Cc1ccc(-c2ccc(C)cc2)cc1. The van der Waals surface area contributed by atoms with Crippen molar-refractivity contribution in [1.29, 1.82) is 0 Å². The quantitative estimate of drug-likeness (QED) is 0.251. The molecule has 0 radical (unpaired) electrons. The Morgan fingerprint density at radius 2 is 1.47 bits per heavy atom. The van der Waals surface area contributed by atoms with Crippen LogP contribution < -0.4 is 0 Å². The fraction of sp³-hybridized carbons (Fsp3) is 0.357. The third-order valence-corrected chi connectivity index (χ3v) is 3.89. The van der Waals surface area contributed by atoms with Gasteiger partial charge in [0, 0.05) is 25.7 Å². The van der Waals surface area contributed by atoms with Crippen molar-refractivity contribution < 1.29 is 0 Å². The maximum absolute atomic E-state index is 4.30. The average molecular weight is 405 g/mol. The summed E-state index contributed by atoms with van der Waals surface area (Å²) in [6.45, 7) is 14.1. The van der Waals surface area contributed by atoms with Crippen molar-refractivity contribution in [2.45, 2.75) is 60.3 Å². The Balaban J connectivity index is 0.000000791. The van der Waals surface area contributed by atoms with Gasteiger partial charge in [0.05, 0.1) is 0 Å². The van der Waals surface area contributed by atoms with Crippen molar-refractivity contribution in [3.63, 3.8) is 0 Å². The fourth-order valence-corrected chi connectivity index (χ4v) is 2.33. The summed E-state index contributed by atoms with van der Waals surface area (Å²) in [7, 11) is 1.75. The van der Waals surface area contributed by atoms with E-state index in [1.807, 2.05) is 19.2 Å². The molecule has 2 nitrogen and oxygen atoms in total. The summed E-state index contributed by atoms with van der Waals surface area (Å²) in [6.07, 6.45) is 12.4. The molecule has 0 unspecified atom stereocenters. The van der Waals surface area contributed by atoms with Crippen LogP contribution in [0.2, 0.25) is 0 Å². The number of hydrogen-bond acceptors (Lipinski definition) is 2. The highest BCUT2D eigenvalue weighted by Crippen LogP contribution is 2.19. The summed E-state index contributed by atoms with van der Waals surface area (Å²) >= 11 is 0. The van der Waals surface area contributed by atoms with E-state index in [2.05, 4.69) is 92.8 Å². The lowest BCUT2D eigenvalue weighted by Crippen LogP contribution is -1.83. The molecule has 0 saturated heterocycles. The molecule has 0 amide bonds. The molecule has 2 aromatic rings. The van der Waals surface area contributed by atoms with Gasteiger partial charge in [-0.25, -0.2) is 0 Å². The van der Waals surface area contributed by atoms with Crippen LogP contribution in [0.3, 0.4) is 0 Å². The number of benzene rings is 2. The molecule has 2 aromatic carbocycles. The van der Waals surface area contributed by atoms with Gasteiger partial charge in [-0.1, -0.05) is 100 Å². The van der Waals surface area contributed by atoms with E-state index in [0.717, 1.165) is 11.1 Å². The molecule has 0 fully saturated rings. The molecule has 0 aliphatic carbocycles. The Labute approximate surface area is 185 Å². The van der Waals surface area contributed by atoms with E-state index in [9.17, 15) is 0 Å². The molecule has 2 rings (SSSR count). The molecule has 0 heterocycles. The number of aliphatic imine (C=N–C) groups is 2. The highest BCUT2D eigenvalue weighted by molar-refractivity contribution is 5.83. The second-order valence-corrected chi connectivity index (χ2v) is 7.16. The molecule has 0 bridgehead atoms. The van der Waals surface area contributed by atoms with Crippen LogP contribution in [0.25, 0.3) is 11.1 Å². The van der Waals surface area contributed by atoms with E-state index in [0.29, 0.717) is 0 Å². The number of allylic oxidation sites excluding steroid dienone is 2. The Morgan fingerprint density at radius 1 is 0.933 bits per heavy atom. The summed E-state index contributed by atoms with van der Waals surface area (Å²) in [5.74, 6) is 0. The molecular formula is C28H40N2. The molecule has 162 valence electrons. The van der Waals surface area contributed by atoms with E-state index in [1.54, 1.807) is 19.5 Å². The molecular weight excluding hydrogens is 364 g/mol. The van der Waals surface area contributed by atoms with Gasteiger partial charge >= 0.3 is 0 Å². The van der Waals surface area contributed by atoms with Crippen LogP contribution in [0.5, 0.6) is 0 Å². The van der Waals surface area contributed by atoms with Crippen LogP contribution in [-0.4, -0.2) is 19.5 Å². The van der Waals surface area contributed by atoms with Crippen molar-refractivity contribution in [1.82, 2.24) is 0 Å². The van der Waals surface area contributed by atoms with Crippen LogP contribution in [0.1, 0.15) is 64.5 Å². The minimum atomic E-state index is 1.03. The third-order valence-electron chi connectivity index (χ3n) is 3.89. The molecule has 0 N–H and O–H groups in total. The van der Waals surface area contributed by atoms with Gasteiger partial charge in [0.1, 0.15) is 0 Å². The van der Waals surface area contributed by atoms with Gasteiger partial charge in [0.25, 0.3) is 0 Å². The van der Waals surface area contributed by atoms with Crippen LogP contribution >= 0.6 is 0 Å². The largest absolute Gasteiger partial charge is 0.296 e. The maximum Gasteiger partial charge on any atom is 0.0340 e. The van der Waals surface area contributed by atoms with Crippen LogP contribution in [0, 0.1) is 6.92 Å². The minimum absolute atomic E-state index is 1.03. The molecule has 2 heteroatoms. The molecule has 0 saturated carbocycles. The van der Waals surface area contributed by atoms with Gasteiger partial charge in [0.2, 0.25) is 0 Å². The molecule has 0 atom stereocenters. The van der Waals surface area contributed by atoms with E-state index >= 15 is 0 Å². The second-order valence-electron chi connectivity index (χ2n) is 7.16. The first-order valence-corrected chi connectivity index (χ1v) is 10.9. The highest BCUT2D eigenvalue weighted by atomic mass is 14.7. The second kappa shape index (κ2) is 18.3. The monoisotopic (exact) mass is 404 g/mol. The topological polar surface area (TPSA) is 24.7 Å². The summed E-state index contributed by atoms with van der Waals surface area (Å²) in [4.78, 5) is 8.24. The average Bonchev–Trinajstić information content (AvgIpc) is 2.75. The van der Waals surface area contributed by atoms with Crippen LogP contribution in [0.4, 0.5) is 0 Å². The van der Waals surface area contributed by atoms with Crippen molar-refractivity contribution in [3.8, 4) is 11.1 Å². The maximum atomic E-state index is 4.30. The van der Waals surface area contributed by atoms with E-state index < -0.39 is 0 Å². The Morgan fingerprint density at radius 3 is 1.90 bits per heavy atom. The van der Waals surface area contributed by atoms with Crippen LogP contribution in [0.15, 0.2) is 82.9 Å². The summed E-state index contributed by atoms with van der Waals surface area (Å²) < 4.78 is 0. The van der Waals surface area contributed by atoms with E-state index in [4.69, 9.17) is 0 Å². The lowest BCUT2D eigenvalue weighted by atomic mass is 10.0. The van der Waals surface area contributed by atoms with Crippen molar-refractivity contribution in [2.24, 2.45) is 9.98 Å². The molecule has 30 heavy (non-hydrogen) atoms. The lowest BCUT2D eigenvalue weighted by Gasteiger charge is -2.02. The predicted octanol–water partition coefficient (Wildman–Crippen LogP) is 8.46.